The monoisotopic (exact) mass is 248 g/mol. The number of aromatic nitrogens is 2. The summed E-state index contributed by atoms with van der Waals surface area (Å²) in [5, 5.41) is 6.41. The van der Waals surface area contributed by atoms with Gasteiger partial charge < -0.3 is 9.80 Å². The van der Waals surface area contributed by atoms with Crippen LogP contribution in [-0.2, 0) is 4.79 Å². The summed E-state index contributed by atoms with van der Waals surface area (Å²) in [7, 11) is 0. The molecule has 6 heteroatoms. The maximum Gasteiger partial charge on any atom is 0.257 e. The average Bonchev–Trinajstić information content (AvgIpc) is 3.12. The minimum Gasteiger partial charge on any atom is -0.339 e. The van der Waals surface area contributed by atoms with Crippen LogP contribution in [0.25, 0.3) is 0 Å². The van der Waals surface area contributed by atoms with Crippen LogP contribution in [0.3, 0.4) is 0 Å². The van der Waals surface area contributed by atoms with E-state index >= 15 is 0 Å². The van der Waals surface area contributed by atoms with Gasteiger partial charge in [-0.2, -0.15) is 5.10 Å². The molecule has 0 radical (unpaired) electrons. The fraction of sp³-hybridized carbons (Fsp3) is 0.583. The van der Waals surface area contributed by atoms with Crippen LogP contribution < -0.4 is 0 Å². The van der Waals surface area contributed by atoms with Gasteiger partial charge in [-0.3, -0.25) is 14.7 Å². The van der Waals surface area contributed by atoms with E-state index in [0.29, 0.717) is 31.7 Å². The van der Waals surface area contributed by atoms with Gasteiger partial charge in [-0.25, -0.2) is 0 Å². The molecule has 2 heterocycles. The van der Waals surface area contributed by atoms with Crippen molar-refractivity contribution in [1.29, 1.82) is 0 Å². The van der Waals surface area contributed by atoms with Gasteiger partial charge in [0.2, 0.25) is 5.91 Å². The van der Waals surface area contributed by atoms with Gasteiger partial charge in [0.05, 0.1) is 11.8 Å². The number of piperazine rings is 1. The summed E-state index contributed by atoms with van der Waals surface area (Å²) in [6, 6.07) is 0. The van der Waals surface area contributed by atoms with Crippen LogP contribution in [0, 0.1) is 5.92 Å². The molecule has 0 aromatic carbocycles. The van der Waals surface area contributed by atoms with E-state index in [9.17, 15) is 9.59 Å². The number of hydrogen-bond donors (Lipinski definition) is 1. The van der Waals surface area contributed by atoms with Gasteiger partial charge >= 0.3 is 0 Å². The summed E-state index contributed by atoms with van der Waals surface area (Å²) in [6.07, 6.45) is 5.20. The molecule has 0 atom stereocenters. The van der Waals surface area contributed by atoms with Crippen LogP contribution in [0.4, 0.5) is 0 Å². The summed E-state index contributed by atoms with van der Waals surface area (Å²) >= 11 is 0. The van der Waals surface area contributed by atoms with Gasteiger partial charge in [0.15, 0.2) is 0 Å². The second kappa shape index (κ2) is 4.44. The van der Waals surface area contributed by atoms with E-state index < -0.39 is 0 Å². The van der Waals surface area contributed by atoms with Crippen molar-refractivity contribution in [3.63, 3.8) is 0 Å². The normalized spacial score (nSPS) is 20.0. The Labute approximate surface area is 105 Å². The third-order valence-electron chi connectivity index (χ3n) is 3.55. The summed E-state index contributed by atoms with van der Waals surface area (Å²) in [6.45, 7) is 2.53. The molecular formula is C12H16N4O2. The number of carbonyl (C=O) groups excluding carboxylic acids is 2. The molecule has 18 heavy (non-hydrogen) atoms. The summed E-state index contributed by atoms with van der Waals surface area (Å²) < 4.78 is 0. The summed E-state index contributed by atoms with van der Waals surface area (Å²) in [4.78, 5) is 27.6. The van der Waals surface area contributed by atoms with E-state index in [0.717, 1.165) is 12.8 Å². The molecule has 0 unspecified atom stereocenters. The van der Waals surface area contributed by atoms with Gasteiger partial charge in [0.25, 0.3) is 5.91 Å². The van der Waals surface area contributed by atoms with E-state index in [-0.39, 0.29) is 17.7 Å². The molecule has 0 spiro atoms. The van der Waals surface area contributed by atoms with Crippen LogP contribution in [0.15, 0.2) is 12.4 Å². The predicted molar refractivity (Wildman–Crippen MR) is 63.8 cm³/mol. The fourth-order valence-corrected chi connectivity index (χ4v) is 2.27. The van der Waals surface area contributed by atoms with E-state index in [1.54, 1.807) is 11.1 Å². The molecule has 0 bridgehead atoms. The van der Waals surface area contributed by atoms with Crippen molar-refractivity contribution in [3.05, 3.63) is 18.0 Å². The number of carbonyl (C=O) groups is 2. The molecule has 6 nitrogen and oxygen atoms in total. The minimum atomic E-state index is -0.0118. The van der Waals surface area contributed by atoms with Crippen LogP contribution in [0.2, 0.25) is 0 Å². The van der Waals surface area contributed by atoms with Crippen LogP contribution in [-0.4, -0.2) is 58.0 Å². The Morgan fingerprint density at radius 3 is 2.39 bits per heavy atom. The molecule has 1 N–H and O–H groups in total. The maximum absolute atomic E-state index is 12.0. The molecule has 3 rings (SSSR count). The molecule has 1 saturated heterocycles. The van der Waals surface area contributed by atoms with E-state index in [4.69, 9.17) is 0 Å². The van der Waals surface area contributed by atoms with Crippen molar-refractivity contribution in [3.8, 4) is 0 Å². The van der Waals surface area contributed by atoms with Gasteiger partial charge in [0.1, 0.15) is 0 Å². The first-order valence-electron chi connectivity index (χ1n) is 6.32. The van der Waals surface area contributed by atoms with Crippen molar-refractivity contribution in [1.82, 2.24) is 20.0 Å². The SMILES string of the molecule is O=C(c1cn[nH]c1)N1CCN(C(=O)C2CC2)CC1. The molecule has 1 aliphatic heterocycles. The molecule has 1 aromatic rings. The average molecular weight is 248 g/mol. The maximum atomic E-state index is 12.0. The highest BCUT2D eigenvalue weighted by molar-refractivity contribution is 5.93. The molecule has 2 amide bonds. The Kier molecular flexibility index (Phi) is 2.77. The highest BCUT2D eigenvalue weighted by Gasteiger charge is 2.35. The molecule has 1 aromatic heterocycles. The van der Waals surface area contributed by atoms with E-state index in [1.165, 1.54) is 6.20 Å². The van der Waals surface area contributed by atoms with Crippen molar-refractivity contribution < 1.29 is 9.59 Å². The first kappa shape index (κ1) is 11.3. The number of aromatic amines is 1. The molecule has 1 saturated carbocycles. The fourth-order valence-electron chi connectivity index (χ4n) is 2.27. The van der Waals surface area contributed by atoms with Crippen molar-refractivity contribution in [2.45, 2.75) is 12.8 Å². The molecule has 96 valence electrons. The molecule has 1 aliphatic carbocycles. The van der Waals surface area contributed by atoms with Gasteiger partial charge in [-0.1, -0.05) is 0 Å². The molecule has 2 fully saturated rings. The van der Waals surface area contributed by atoms with Gasteiger partial charge in [0, 0.05) is 38.3 Å². The Morgan fingerprint density at radius 1 is 1.17 bits per heavy atom. The van der Waals surface area contributed by atoms with E-state index in [2.05, 4.69) is 10.2 Å². The first-order valence-corrected chi connectivity index (χ1v) is 6.32. The Balaban J connectivity index is 1.56. The number of amides is 2. The van der Waals surface area contributed by atoms with Gasteiger partial charge in [-0.05, 0) is 12.8 Å². The lowest BCUT2D eigenvalue weighted by molar-refractivity contribution is -0.134. The lowest BCUT2D eigenvalue weighted by Gasteiger charge is -2.34. The zero-order valence-electron chi connectivity index (χ0n) is 10.1. The smallest absolute Gasteiger partial charge is 0.257 e. The highest BCUT2D eigenvalue weighted by atomic mass is 16.2. The van der Waals surface area contributed by atoms with Crippen LogP contribution >= 0.6 is 0 Å². The third-order valence-corrected chi connectivity index (χ3v) is 3.55. The zero-order valence-corrected chi connectivity index (χ0v) is 10.1. The Hall–Kier alpha value is -1.85. The summed E-state index contributed by atoms with van der Waals surface area (Å²) in [5.41, 5.74) is 0.581. The number of rotatable bonds is 2. The molecule has 2 aliphatic rings. The standard InChI is InChI=1S/C12H16N4O2/c17-11(9-1-2-9)15-3-5-16(6-4-15)12(18)10-7-13-14-8-10/h7-9H,1-6H2,(H,13,14). The van der Waals surface area contributed by atoms with Crippen molar-refractivity contribution >= 4 is 11.8 Å². The Morgan fingerprint density at radius 2 is 1.83 bits per heavy atom. The van der Waals surface area contributed by atoms with Crippen molar-refractivity contribution in [2.75, 3.05) is 26.2 Å². The highest BCUT2D eigenvalue weighted by Crippen LogP contribution is 2.31. The number of hydrogen-bond acceptors (Lipinski definition) is 3. The summed E-state index contributed by atoms with van der Waals surface area (Å²) in [5.74, 6) is 0.522. The predicted octanol–water partition coefficient (Wildman–Crippen LogP) is 0.104. The number of nitrogens with one attached hydrogen (secondary N) is 1. The largest absolute Gasteiger partial charge is 0.339 e. The first-order chi connectivity index (χ1) is 8.75. The quantitative estimate of drug-likeness (QED) is 0.807. The minimum absolute atomic E-state index is 0.0118. The Bertz CT molecular complexity index is 445. The van der Waals surface area contributed by atoms with E-state index in [1.807, 2.05) is 4.90 Å². The van der Waals surface area contributed by atoms with Gasteiger partial charge in [-0.15, -0.1) is 0 Å². The second-order valence-corrected chi connectivity index (χ2v) is 4.88. The van der Waals surface area contributed by atoms with Crippen LogP contribution in [0.5, 0.6) is 0 Å². The third kappa shape index (κ3) is 2.10. The topological polar surface area (TPSA) is 69.3 Å². The second-order valence-electron chi connectivity index (χ2n) is 4.88. The number of H-pyrrole nitrogens is 1. The zero-order chi connectivity index (χ0) is 12.5. The molecular weight excluding hydrogens is 232 g/mol. The van der Waals surface area contributed by atoms with Crippen molar-refractivity contribution in [2.24, 2.45) is 5.92 Å². The van der Waals surface area contributed by atoms with Crippen LogP contribution in [0.1, 0.15) is 23.2 Å². The lowest BCUT2D eigenvalue weighted by Crippen LogP contribution is -2.51. The number of nitrogens with zero attached hydrogens (tertiary/aromatic N) is 3. The lowest BCUT2D eigenvalue weighted by atomic mass is 10.2.